The Bertz CT molecular complexity index is 598. The van der Waals surface area contributed by atoms with Gasteiger partial charge in [0.05, 0.1) is 5.56 Å². The van der Waals surface area contributed by atoms with Gasteiger partial charge in [-0.25, -0.2) is 9.89 Å². The van der Waals surface area contributed by atoms with Gasteiger partial charge in [0.1, 0.15) is 0 Å². The van der Waals surface area contributed by atoms with Crippen LogP contribution in [0.2, 0.25) is 0 Å². The molecule has 0 aliphatic heterocycles. The average Bonchev–Trinajstić information content (AvgIpc) is 2.62. The molecule has 17 heavy (non-hydrogen) atoms. The summed E-state index contributed by atoms with van der Waals surface area (Å²) in [6.45, 7) is 1.52. The normalized spacial score (nSPS) is 11.8. The molecule has 0 amide bonds. The van der Waals surface area contributed by atoms with E-state index >= 15 is 0 Å². The highest BCUT2D eigenvalue weighted by atomic mass is 19.4. The van der Waals surface area contributed by atoms with Crippen LogP contribution in [0.4, 0.5) is 13.2 Å². The molecule has 0 unspecified atom stereocenters. The zero-order chi connectivity index (χ0) is 12.6. The van der Waals surface area contributed by atoms with Gasteiger partial charge in [0.25, 0.3) is 0 Å². The molecule has 7 heteroatoms. The van der Waals surface area contributed by atoms with Crippen LogP contribution in [0, 0.1) is 6.92 Å². The minimum atomic E-state index is -4.45. The van der Waals surface area contributed by atoms with Crippen LogP contribution in [0.1, 0.15) is 11.1 Å². The molecule has 1 aromatic heterocycles. The lowest BCUT2D eigenvalue weighted by atomic mass is 10.1. The number of H-pyrrole nitrogens is 1. The maximum absolute atomic E-state index is 12.5. The molecule has 1 aromatic carbocycles. The van der Waals surface area contributed by atoms with Crippen molar-refractivity contribution in [3.8, 4) is 11.5 Å². The Hall–Kier alpha value is -2.05. The van der Waals surface area contributed by atoms with Crippen LogP contribution < -0.4 is 5.76 Å². The molecule has 1 N–H and O–H groups in total. The van der Waals surface area contributed by atoms with Gasteiger partial charge in [-0.2, -0.15) is 13.2 Å². The first-order chi connectivity index (χ1) is 7.86. The van der Waals surface area contributed by atoms with E-state index in [0.29, 0.717) is 5.56 Å². The van der Waals surface area contributed by atoms with E-state index in [1.165, 1.54) is 13.0 Å². The van der Waals surface area contributed by atoms with E-state index in [0.717, 1.165) is 12.1 Å². The summed E-state index contributed by atoms with van der Waals surface area (Å²) in [4.78, 5) is 10.7. The highest BCUT2D eigenvalue weighted by Gasteiger charge is 2.31. The molecule has 0 saturated heterocycles. The number of aryl methyl sites for hydroxylation is 1. The third kappa shape index (κ3) is 2.38. The number of rotatable bonds is 1. The van der Waals surface area contributed by atoms with Gasteiger partial charge in [0.15, 0.2) is 0 Å². The van der Waals surface area contributed by atoms with E-state index in [9.17, 15) is 18.0 Å². The molecule has 4 nitrogen and oxygen atoms in total. The van der Waals surface area contributed by atoms with Crippen LogP contribution in [0.25, 0.3) is 11.5 Å². The fourth-order valence-electron chi connectivity index (χ4n) is 1.42. The summed E-state index contributed by atoms with van der Waals surface area (Å²) in [7, 11) is 0. The molecule has 0 spiro atoms. The molecule has 0 saturated carbocycles. The predicted molar refractivity (Wildman–Crippen MR) is 52.3 cm³/mol. The van der Waals surface area contributed by atoms with E-state index in [4.69, 9.17) is 0 Å². The maximum Gasteiger partial charge on any atom is 0.434 e. The second-order valence-electron chi connectivity index (χ2n) is 3.50. The van der Waals surface area contributed by atoms with Gasteiger partial charge in [0, 0.05) is 5.56 Å². The Morgan fingerprint density at radius 3 is 2.53 bits per heavy atom. The summed E-state index contributed by atoms with van der Waals surface area (Å²) in [6.07, 6.45) is -4.45. The molecule has 2 rings (SSSR count). The number of hydrogen-bond donors (Lipinski definition) is 1. The minimum absolute atomic E-state index is 0.107. The van der Waals surface area contributed by atoms with Crippen LogP contribution >= 0.6 is 0 Å². The number of benzene rings is 1. The number of nitrogens with zero attached hydrogens (tertiary/aromatic N) is 1. The van der Waals surface area contributed by atoms with Crippen molar-refractivity contribution in [1.82, 2.24) is 10.2 Å². The van der Waals surface area contributed by atoms with Gasteiger partial charge in [0.2, 0.25) is 5.89 Å². The maximum atomic E-state index is 12.5. The zero-order valence-electron chi connectivity index (χ0n) is 8.63. The van der Waals surface area contributed by atoms with Gasteiger partial charge in [-0.05, 0) is 30.7 Å². The quantitative estimate of drug-likeness (QED) is 0.837. The predicted octanol–water partition coefficient (Wildman–Crippen LogP) is 2.36. The second kappa shape index (κ2) is 3.76. The number of aromatic amines is 1. The molecule has 0 aliphatic rings. The van der Waals surface area contributed by atoms with Crippen molar-refractivity contribution >= 4 is 0 Å². The average molecular weight is 244 g/mol. The van der Waals surface area contributed by atoms with Crippen molar-refractivity contribution in [2.24, 2.45) is 0 Å². The van der Waals surface area contributed by atoms with Gasteiger partial charge < -0.3 is 4.42 Å². The van der Waals surface area contributed by atoms with Crippen molar-refractivity contribution in [3.63, 3.8) is 0 Å². The minimum Gasteiger partial charge on any atom is -0.388 e. The lowest BCUT2D eigenvalue weighted by Gasteiger charge is -2.08. The first-order valence-electron chi connectivity index (χ1n) is 4.61. The number of alkyl halides is 3. The summed E-state index contributed by atoms with van der Waals surface area (Å²) in [5.41, 5.74) is -0.297. The molecule has 1 heterocycles. The molecular formula is C10H7F3N2O2. The number of halogens is 3. The van der Waals surface area contributed by atoms with Crippen molar-refractivity contribution < 1.29 is 17.6 Å². The summed E-state index contributed by atoms with van der Waals surface area (Å²) < 4.78 is 42.2. The van der Waals surface area contributed by atoms with Crippen molar-refractivity contribution in [1.29, 1.82) is 0 Å². The summed E-state index contributed by atoms with van der Waals surface area (Å²) in [5, 5.41) is 5.47. The van der Waals surface area contributed by atoms with E-state index in [1.807, 2.05) is 5.10 Å². The summed E-state index contributed by atoms with van der Waals surface area (Å²) in [5.74, 6) is -0.973. The van der Waals surface area contributed by atoms with Gasteiger partial charge >= 0.3 is 11.9 Å². The second-order valence-corrected chi connectivity index (χ2v) is 3.50. The Labute approximate surface area is 93.1 Å². The Kier molecular flexibility index (Phi) is 2.53. The molecule has 0 radical (unpaired) electrons. The highest BCUT2D eigenvalue weighted by molar-refractivity contribution is 5.55. The Morgan fingerprint density at radius 1 is 1.29 bits per heavy atom. The Balaban J connectivity index is 2.56. The standard InChI is InChI=1S/C10H7F3N2O2/c1-5-2-6(8-14-15-9(16)17-8)4-7(3-5)10(11,12)13/h2-4H,1H3,(H,15,16). The van der Waals surface area contributed by atoms with E-state index < -0.39 is 17.5 Å². The Morgan fingerprint density at radius 2 is 2.00 bits per heavy atom. The third-order valence-corrected chi connectivity index (χ3v) is 2.09. The molecule has 0 fully saturated rings. The molecule has 0 bridgehead atoms. The van der Waals surface area contributed by atoms with Gasteiger partial charge in [-0.3, -0.25) is 0 Å². The smallest absolute Gasteiger partial charge is 0.388 e. The molecule has 2 aromatic rings. The summed E-state index contributed by atoms with van der Waals surface area (Å²) >= 11 is 0. The SMILES string of the molecule is Cc1cc(-c2n[nH]c(=O)o2)cc(C(F)(F)F)c1. The fourth-order valence-corrected chi connectivity index (χ4v) is 1.42. The summed E-state index contributed by atoms with van der Waals surface area (Å²) in [6, 6.07) is 3.34. The fraction of sp³-hybridized carbons (Fsp3) is 0.200. The van der Waals surface area contributed by atoms with Crippen LogP contribution in [-0.2, 0) is 6.18 Å². The van der Waals surface area contributed by atoms with Crippen molar-refractivity contribution in [2.45, 2.75) is 13.1 Å². The molecule has 90 valence electrons. The topological polar surface area (TPSA) is 58.9 Å². The number of nitrogens with one attached hydrogen (secondary N) is 1. The van der Waals surface area contributed by atoms with E-state index in [-0.39, 0.29) is 11.5 Å². The van der Waals surface area contributed by atoms with Crippen LogP contribution in [0.5, 0.6) is 0 Å². The van der Waals surface area contributed by atoms with Crippen molar-refractivity contribution in [2.75, 3.05) is 0 Å². The van der Waals surface area contributed by atoms with Crippen LogP contribution in [0.3, 0.4) is 0 Å². The molecular weight excluding hydrogens is 237 g/mol. The highest BCUT2D eigenvalue weighted by Crippen LogP contribution is 2.32. The van der Waals surface area contributed by atoms with Gasteiger partial charge in [-0.1, -0.05) is 0 Å². The molecule has 0 aliphatic carbocycles. The number of hydrogen-bond acceptors (Lipinski definition) is 3. The largest absolute Gasteiger partial charge is 0.434 e. The first-order valence-corrected chi connectivity index (χ1v) is 4.61. The van der Waals surface area contributed by atoms with Gasteiger partial charge in [-0.15, -0.1) is 5.10 Å². The third-order valence-electron chi connectivity index (χ3n) is 2.09. The monoisotopic (exact) mass is 244 g/mol. The van der Waals surface area contributed by atoms with Crippen LogP contribution in [-0.4, -0.2) is 10.2 Å². The van der Waals surface area contributed by atoms with E-state index in [1.54, 1.807) is 0 Å². The first kappa shape index (κ1) is 11.4. The lowest BCUT2D eigenvalue weighted by Crippen LogP contribution is -2.05. The van der Waals surface area contributed by atoms with Crippen LogP contribution in [0.15, 0.2) is 27.4 Å². The zero-order valence-corrected chi connectivity index (χ0v) is 8.63. The lowest BCUT2D eigenvalue weighted by molar-refractivity contribution is -0.137. The van der Waals surface area contributed by atoms with Crippen molar-refractivity contribution in [3.05, 3.63) is 39.9 Å². The number of aromatic nitrogens is 2. The van der Waals surface area contributed by atoms with E-state index in [2.05, 4.69) is 9.52 Å². The molecule has 0 atom stereocenters.